The molecule has 0 amide bonds. The number of imidazole rings is 1. The van der Waals surface area contributed by atoms with Crippen LogP contribution >= 0.6 is 0 Å². The second-order valence-corrected chi connectivity index (χ2v) is 10.6. The Morgan fingerprint density at radius 3 is 2.38 bits per heavy atom. The molecule has 1 aromatic carbocycles. The lowest BCUT2D eigenvalue weighted by atomic mass is 10.2. The van der Waals surface area contributed by atoms with Crippen molar-refractivity contribution in [1.29, 1.82) is 0 Å². The zero-order valence-electron chi connectivity index (χ0n) is 21.1. The first kappa shape index (κ1) is 24.9. The maximum absolute atomic E-state index is 13.0. The van der Waals surface area contributed by atoms with Gasteiger partial charge in [0.2, 0.25) is 15.9 Å². The van der Waals surface area contributed by atoms with Gasteiger partial charge in [0.1, 0.15) is 28.6 Å². The molecule has 194 valence electrons. The third kappa shape index (κ3) is 4.81. The zero-order chi connectivity index (χ0) is 26.2. The second-order valence-electron chi connectivity index (χ2n) is 8.59. The minimum Gasteiger partial charge on any atom is -0.494 e. The summed E-state index contributed by atoms with van der Waals surface area (Å²) < 4.78 is 46.0. The summed E-state index contributed by atoms with van der Waals surface area (Å²) in [5.74, 6) is 1.61. The fourth-order valence-electron chi connectivity index (χ4n) is 4.11. The van der Waals surface area contributed by atoms with Crippen LogP contribution in [0.25, 0.3) is 28.5 Å². The van der Waals surface area contributed by atoms with Crippen LogP contribution in [-0.4, -0.2) is 71.1 Å². The Hall–Kier alpha value is -3.77. The molecule has 1 fully saturated rings. The van der Waals surface area contributed by atoms with Gasteiger partial charge in [0, 0.05) is 19.2 Å². The number of benzene rings is 1. The molecule has 0 bridgehead atoms. The summed E-state index contributed by atoms with van der Waals surface area (Å²) in [5.41, 5.74) is 2.03. The van der Waals surface area contributed by atoms with Crippen molar-refractivity contribution in [3.05, 3.63) is 48.3 Å². The van der Waals surface area contributed by atoms with Crippen molar-refractivity contribution in [2.24, 2.45) is 0 Å². The van der Waals surface area contributed by atoms with Crippen molar-refractivity contribution in [3.8, 4) is 34.6 Å². The Kier molecular flexibility index (Phi) is 6.69. The van der Waals surface area contributed by atoms with Crippen LogP contribution in [0, 0.1) is 0 Å². The van der Waals surface area contributed by atoms with E-state index in [1.807, 2.05) is 19.1 Å². The van der Waals surface area contributed by atoms with E-state index in [0.717, 1.165) is 12.8 Å². The van der Waals surface area contributed by atoms with Crippen molar-refractivity contribution in [2.45, 2.75) is 31.6 Å². The minimum absolute atomic E-state index is 0.0559. The van der Waals surface area contributed by atoms with Crippen molar-refractivity contribution in [2.75, 3.05) is 27.9 Å². The van der Waals surface area contributed by atoms with E-state index < -0.39 is 10.0 Å². The smallest absolute Gasteiger partial charge is 0.219 e. The van der Waals surface area contributed by atoms with Gasteiger partial charge in [-0.1, -0.05) is 12.1 Å². The number of hydrogen-bond donors (Lipinski definition) is 0. The Labute approximate surface area is 215 Å². The monoisotopic (exact) mass is 524 g/mol. The van der Waals surface area contributed by atoms with Crippen LogP contribution in [0.3, 0.4) is 0 Å². The lowest BCUT2D eigenvalue weighted by Crippen LogP contribution is -2.30. The molecule has 37 heavy (non-hydrogen) atoms. The van der Waals surface area contributed by atoms with Gasteiger partial charge < -0.3 is 14.2 Å². The number of fused-ring (bicyclic) bond motifs is 1. The minimum atomic E-state index is -3.56. The maximum Gasteiger partial charge on any atom is 0.219 e. The summed E-state index contributed by atoms with van der Waals surface area (Å²) in [6, 6.07) is 10.8. The normalized spacial score (nSPS) is 13.8. The molecule has 12 heteroatoms. The quantitative estimate of drug-likeness (QED) is 0.308. The molecule has 1 aliphatic rings. The molecule has 0 aliphatic heterocycles. The summed E-state index contributed by atoms with van der Waals surface area (Å²) in [7, 11) is 1.17. The van der Waals surface area contributed by atoms with E-state index in [4.69, 9.17) is 24.2 Å². The molecule has 0 unspecified atom stereocenters. The Morgan fingerprint density at radius 2 is 1.73 bits per heavy atom. The van der Waals surface area contributed by atoms with E-state index >= 15 is 0 Å². The number of para-hydroxylation sites is 1. The molecule has 0 atom stereocenters. The van der Waals surface area contributed by atoms with Crippen LogP contribution < -0.4 is 14.2 Å². The van der Waals surface area contributed by atoms with Gasteiger partial charge in [0.25, 0.3) is 0 Å². The summed E-state index contributed by atoms with van der Waals surface area (Å²) in [5, 5.41) is 0. The zero-order valence-corrected chi connectivity index (χ0v) is 21.9. The van der Waals surface area contributed by atoms with E-state index in [0.29, 0.717) is 58.2 Å². The predicted molar refractivity (Wildman–Crippen MR) is 138 cm³/mol. The molecule has 3 heterocycles. The van der Waals surface area contributed by atoms with E-state index in [1.54, 1.807) is 50.1 Å². The van der Waals surface area contributed by atoms with E-state index in [9.17, 15) is 8.42 Å². The highest BCUT2D eigenvalue weighted by Crippen LogP contribution is 2.38. The number of aromatic nitrogens is 5. The van der Waals surface area contributed by atoms with Gasteiger partial charge in [-0.15, -0.1) is 0 Å². The first-order valence-corrected chi connectivity index (χ1v) is 13.5. The van der Waals surface area contributed by atoms with Crippen LogP contribution in [0.15, 0.2) is 42.6 Å². The van der Waals surface area contributed by atoms with Gasteiger partial charge in [-0.2, -0.15) is 0 Å². The van der Waals surface area contributed by atoms with E-state index in [-0.39, 0.29) is 11.8 Å². The van der Waals surface area contributed by atoms with Crippen LogP contribution in [0.2, 0.25) is 0 Å². The number of sulfonamides is 1. The van der Waals surface area contributed by atoms with Gasteiger partial charge >= 0.3 is 0 Å². The third-order valence-electron chi connectivity index (χ3n) is 6.12. The van der Waals surface area contributed by atoms with Crippen LogP contribution in [0.4, 0.5) is 0 Å². The molecule has 1 saturated carbocycles. The molecular weight excluding hydrogens is 496 g/mol. The van der Waals surface area contributed by atoms with Gasteiger partial charge in [-0.3, -0.25) is 4.57 Å². The fourth-order valence-corrected chi connectivity index (χ4v) is 5.50. The second kappa shape index (κ2) is 9.94. The number of methoxy groups -OCH3 is 2. The number of hydrogen-bond acceptors (Lipinski definition) is 9. The van der Waals surface area contributed by atoms with Crippen molar-refractivity contribution in [3.63, 3.8) is 0 Å². The Morgan fingerprint density at radius 1 is 1.03 bits per heavy atom. The molecule has 3 aromatic heterocycles. The Bertz CT molecular complexity index is 1530. The molecule has 0 saturated heterocycles. The first-order chi connectivity index (χ1) is 17.9. The molecule has 1 aliphatic carbocycles. The molecule has 0 N–H and O–H groups in total. The molecule has 4 aromatic rings. The van der Waals surface area contributed by atoms with Crippen molar-refractivity contribution >= 4 is 21.3 Å². The average molecular weight is 525 g/mol. The maximum atomic E-state index is 13.0. The Balaban J connectivity index is 1.73. The van der Waals surface area contributed by atoms with Gasteiger partial charge in [0.15, 0.2) is 17.1 Å². The van der Waals surface area contributed by atoms with Crippen LogP contribution in [0.1, 0.15) is 25.5 Å². The van der Waals surface area contributed by atoms with Gasteiger partial charge in [0.05, 0.1) is 32.7 Å². The van der Waals surface area contributed by atoms with Crippen molar-refractivity contribution in [1.82, 2.24) is 28.8 Å². The highest BCUT2D eigenvalue weighted by Gasteiger charge is 2.34. The SMILES string of the molecule is CCOc1cccc(-c2nc3ncc(CS(=O)(=O)N(C)C4CC4)nc3n2-c2c(OC)cccc2OC)n1. The summed E-state index contributed by atoms with van der Waals surface area (Å²) in [6.07, 6.45) is 3.20. The number of nitrogens with zero attached hydrogens (tertiary/aromatic N) is 6. The number of ether oxygens (including phenoxy) is 3. The van der Waals surface area contributed by atoms with Crippen LogP contribution in [0.5, 0.6) is 17.4 Å². The first-order valence-electron chi connectivity index (χ1n) is 11.9. The summed E-state index contributed by atoms with van der Waals surface area (Å²) >= 11 is 0. The molecule has 5 rings (SSSR count). The van der Waals surface area contributed by atoms with E-state index in [1.165, 1.54) is 10.5 Å². The summed E-state index contributed by atoms with van der Waals surface area (Å²) in [6.45, 7) is 2.34. The van der Waals surface area contributed by atoms with Gasteiger partial charge in [-0.25, -0.2) is 32.7 Å². The number of pyridine rings is 1. The molecule has 0 radical (unpaired) electrons. The third-order valence-corrected chi connectivity index (χ3v) is 7.96. The summed E-state index contributed by atoms with van der Waals surface area (Å²) in [4.78, 5) is 18.5. The molecule has 11 nitrogen and oxygen atoms in total. The fraction of sp³-hybridized carbons (Fsp3) is 0.360. The lowest BCUT2D eigenvalue weighted by Gasteiger charge is -2.17. The van der Waals surface area contributed by atoms with Crippen LogP contribution in [-0.2, 0) is 15.8 Å². The highest BCUT2D eigenvalue weighted by molar-refractivity contribution is 7.88. The lowest BCUT2D eigenvalue weighted by molar-refractivity contribution is 0.327. The molecule has 0 spiro atoms. The van der Waals surface area contributed by atoms with Crippen molar-refractivity contribution < 1.29 is 22.6 Å². The largest absolute Gasteiger partial charge is 0.494 e. The van der Waals surface area contributed by atoms with Gasteiger partial charge in [-0.05, 0) is 38.0 Å². The standard InChI is InChI=1S/C25H28N6O5S/c1-5-36-21-11-6-8-18(28-21)24-29-23-25(31(24)22-19(34-3)9-7-10-20(22)35-4)27-16(14-26-23)15-37(32,33)30(2)17-12-13-17/h6-11,14,17H,5,12-13,15H2,1-4H3. The van der Waals surface area contributed by atoms with E-state index in [2.05, 4.69) is 9.97 Å². The highest BCUT2D eigenvalue weighted by atomic mass is 32.2. The average Bonchev–Trinajstić information content (AvgIpc) is 3.68. The predicted octanol–water partition coefficient (Wildman–Crippen LogP) is 3.22. The molecular formula is C25H28N6O5S. The number of rotatable bonds is 10. The topological polar surface area (TPSA) is 122 Å².